The van der Waals surface area contributed by atoms with Gasteiger partial charge in [-0.25, -0.2) is 0 Å². The molecule has 0 fully saturated rings. The molecule has 0 amide bonds. The van der Waals surface area contributed by atoms with Gasteiger partial charge in [-0.1, -0.05) is 91.0 Å². The van der Waals surface area contributed by atoms with Crippen LogP contribution in [0.2, 0.25) is 0 Å². The van der Waals surface area contributed by atoms with Gasteiger partial charge < -0.3 is 31.3 Å². The van der Waals surface area contributed by atoms with Gasteiger partial charge in [0.1, 0.15) is 17.2 Å². The van der Waals surface area contributed by atoms with Gasteiger partial charge >= 0.3 is 0 Å². The lowest BCUT2D eigenvalue weighted by Gasteiger charge is -2.23. The summed E-state index contributed by atoms with van der Waals surface area (Å²) in [6.07, 6.45) is 0. The Labute approximate surface area is 270 Å². The number of hydrogen-bond donors (Lipinski definition) is 6. The summed E-state index contributed by atoms with van der Waals surface area (Å²) in [4.78, 5) is 2.40. The first-order valence-electron chi connectivity index (χ1n) is 16.0. The van der Waals surface area contributed by atoms with Gasteiger partial charge in [0.05, 0.1) is 0 Å². The molecule has 6 rings (SSSR count). The van der Waals surface area contributed by atoms with Crippen LogP contribution in [0.15, 0.2) is 109 Å². The van der Waals surface area contributed by atoms with Crippen LogP contribution in [0.3, 0.4) is 0 Å². The molecule has 0 atom stereocenters. The molecule has 0 saturated carbocycles. The first-order chi connectivity index (χ1) is 22.6. The van der Waals surface area contributed by atoms with Crippen molar-refractivity contribution in [2.24, 2.45) is 0 Å². The van der Waals surface area contributed by atoms with Crippen molar-refractivity contribution in [1.29, 1.82) is 0 Å². The van der Waals surface area contributed by atoms with Gasteiger partial charge in [0, 0.05) is 75.6 Å². The van der Waals surface area contributed by atoms with Gasteiger partial charge in [-0.15, -0.1) is 0 Å². The number of hydrogen-bond acceptors (Lipinski definition) is 7. The number of phenolic OH excluding ortho intramolecular Hbond substituents is 3. The lowest BCUT2D eigenvalue weighted by atomic mass is 10.0. The molecule has 0 bridgehead atoms. The van der Waals surface area contributed by atoms with E-state index in [-0.39, 0.29) is 0 Å². The smallest absolute Gasteiger partial charge is 0.120 e. The van der Waals surface area contributed by atoms with Crippen molar-refractivity contribution < 1.29 is 15.3 Å². The Balaban J connectivity index is 1.06. The molecular weight excluding hydrogens is 572 g/mol. The van der Waals surface area contributed by atoms with Crippen LogP contribution in [0.1, 0.15) is 16.7 Å². The number of nitrogens with one attached hydrogen (secondary N) is 3. The summed E-state index contributed by atoms with van der Waals surface area (Å²) >= 11 is 0. The molecule has 0 aromatic heterocycles. The van der Waals surface area contributed by atoms with Gasteiger partial charge in [0.25, 0.3) is 0 Å². The van der Waals surface area contributed by atoms with Gasteiger partial charge in [0.2, 0.25) is 0 Å². The van der Waals surface area contributed by atoms with Crippen molar-refractivity contribution in [1.82, 2.24) is 20.9 Å². The summed E-state index contributed by atoms with van der Waals surface area (Å²) in [7, 11) is 0. The molecule has 46 heavy (non-hydrogen) atoms. The molecule has 0 heterocycles. The van der Waals surface area contributed by atoms with E-state index in [4.69, 9.17) is 0 Å². The minimum absolute atomic E-state index is 0.310. The maximum atomic E-state index is 10.6. The first kappa shape index (κ1) is 31.3. The van der Waals surface area contributed by atoms with Crippen LogP contribution in [-0.4, -0.2) is 59.5 Å². The van der Waals surface area contributed by atoms with E-state index in [0.29, 0.717) is 36.9 Å². The zero-order valence-corrected chi connectivity index (χ0v) is 26.0. The Kier molecular flexibility index (Phi) is 10.3. The second-order valence-corrected chi connectivity index (χ2v) is 11.7. The van der Waals surface area contributed by atoms with Gasteiger partial charge in [0.15, 0.2) is 0 Å². The number of benzene rings is 6. The van der Waals surface area contributed by atoms with E-state index in [1.807, 2.05) is 54.6 Å². The number of nitrogens with zero attached hydrogens (tertiary/aromatic N) is 1. The first-order valence-corrected chi connectivity index (χ1v) is 16.0. The molecule has 6 aromatic rings. The summed E-state index contributed by atoms with van der Waals surface area (Å²) in [6, 6.07) is 35.6. The monoisotopic (exact) mass is 614 g/mol. The maximum absolute atomic E-state index is 10.6. The lowest BCUT2D eigenvalue weighted by molar-refractivity contribution is 0.271. The van der Waals surface area contributed by atoms with Crippen LogP contribution >= 0.6 is 0 Å². The maximum Gasteiger partial charge on any atom is 0.120 e. The molecule has 0 saturated heterocycles. The van der Waals surface area contributed by atoms with Crippen LogP contribution in [0, 0.1) is 0 Å². The van der Waals surface area contributed by atoms with Gasteiger partial charge in [-0.2, -0.15) is 0 Å². The summed E-state index contributed by atoms with van der Waals surface area (Å²) in [6.45, 7) is 6.51. The zero-order chi connectivity index (χ0) is 31.7. The van der Waals surface area contributed by atoms with E-state index in [0.717, 1.165) is 88.3 Å². The predicted molar refractivity (Wildman–Crippen MR) is 188 cm³/mol. The average molecular weight is 615 g/mol. The molecular formula is C39H42N4O3. The SMILES string of the molecule is Oc1ccc2ccccc2c1CNCCN(CCNCc1c(O)ccc2ccccc12)CCNCc1c(O)ccc2ccccc12. The largest absolute Gasteiger partial charge is 0.508 e. The highest BCUT2D eigenvalue weighted by Gasteiger charge is 2.11. The van der Waals surface area contributed by atoms with Crippen molar-refractivity contribution in [3.05, 3.63) is 126 Å². The lowest BCUT2D eigenvalue weighted by Crippen LogP contribution is -2.40. The molecule has 7 nitrogen and oxygen atoms in total. The predicted octanol–water partition coefficient (Wildman–Crippen LogP) is 6.23. The van der Waals surface area contributed by atoms with E-state index in [1.54, 1.807) is 18.2 Å². The normalized spacial score (nSPS) is 11.7. The molecule has 0 unspecified atom stereocenters. The van der Waals surface area contributed by atoms with Crippen molar-refractivity contribution in [2.45, 2.75) is 19.6 Å². The fraction of sp³-hybridized carbons (Fsp3) is 0.231. The second-order valence-electron chi connectivity index (χ2n) is 11.7. The highest BCUT2D eigenvalue weighted by Crippen LogP contribution is 2.29. The van der Waals surface area contributed by atoms with Crippen LogP contribution in [0.4, 0.5) is 0 Å². The Hall–Kier alpha value is -4.66. The minimum Gasteiger partial charge on any atom is -0.508 e. The fourth-order valence-electron chi connectivity index (χ4n) is 6.22. The van der Waals surface area contributed by atoms with Crippen LogP contribution in [0.25, 0.3) is 32.3 Å². The molecule has 0 aliphatic heterocycles. The van der Waals surface area contributed by atoms with Crippen LogP contribution in [-0.2, 0) is 19.6 Å². The number of phenols is 3. The third-order valence-corrected chi connectivity index (χ3v) is 8.77. The topological polar surface area (TPSA) is 100 Å². The highest BCUT2D eigenvalue weighted by atomic mass is 16.3. The Morgan fingerprint density at radius 2 is 0.696 bits per heavy atom. The molecule has 0 aliphatic carbocycles. The zero-order valence-electron chi connectivity index (χ0n) is 26.0. The average Bonchev–Trinajstić information content (AvgIpc) is 3.08. The van der Waals surface area contributed by atoms with E-state index >= 15 is 0 Å². The molecule has 236 valence electrons. The third-order valence-electron chi connectivity index (χ3n) is 8.77. The van der Waals surface area contributed by atoms with Gasteiger partial charge in [-0.3, -0.25) is 4.90 Å². The summed E-state index contributed by atoms with van der Waals surface area (Å²) in [5.41, 5.74) is 2.74. The molecule has 0 spiro atoms. The van der Waals surface area contributed by atoms with Crippen LogP contribution in [0.5, 0.6) is 17.2 Å². The van der Waals surface area contributed by atoms with Crippen molar-refractivity contribution in [3.63, 3.8) is 0 Å². The molecule has 0 aliphatic rings. The molecule has 7 heteroatoms. The summed E-state index contributed by atoms with van der Waals surface area (Å²) < 4.78 is 0. The summed E-state index contributed by atoms with van der Waals surface area (Å²) in [5.74, 6) is 0.930. The van der Waals surface area contributed by atoms with E-state index < -0.39 is 0 Å². The Morgan fingerprint density at radius 1 is 0.391 bits per heavy atom. The third kappa shape index (κ3) is 7.41. The fourth-order valence-corrected chi connectivity index (χ4v) is 6.22. The second kappa shape index (κ2) is 15.1. The van der Waals surface area contributed by atoms with E-state index in [9.17, 15) is 15.3 Å². The molecule has 6 aromatic carbocycles. The molecule has 6 N–H and O–H groups in total. The minimum atomic E-state index is 0.310. The van der Waals surface area contributed by atoms with Crippen molar-refractivity contribution in [2.75, 3.05) is 39.3 Å². The van der Waals surface area contributed by atoms with E-state index in [1.165, 1.54) is 0 Å². The Bertz CT molecular complexity index is 1700. The van der Waals surface area contributed by atoms with E-state index in [2.05, 4.69) is 57.2 Å². The van der Waals surface area contributed by atoms with Crippen molar-refractivity contribution >= 4 is 32.3 Å². The Morgan fingerprint density at radius 3 is 1.02 bits per heavy atom. The van der Waals surface area contributed by atoms with Crippen LogP contribution < -0.4 is 16.0 Å². The number of rotatable bonds is 15. The summed E-state index contributed by atoms with van der Waals surface area (Å²) in [5, 5.41) is 48.9. The van der Waals surface area contributed by atoms with Gasteiger partial charge in [-0.05, 0) is 50.5 Å². The number of fused-ring (bicyclic) bond motifs is 3. The standard InChI is InChI=1S/C39H42N4O3/c44-37-16-13-28-7-1-4-10-31(28)34(37)25-40-19-22-43(23-20-41-26-35-32-11-5-2-8-29(32)14-17-38(35)45)24-21-42-27-36-33-12-6-3-9-30(33)15-18-39(36)46/h1-18,40-42,44-46H,19-27H2. The number of aromatic hydroxyl groups is 3. The molecule has 0 radical (unpaired) electrons. The quantitative estimate of drug-likeness (QED) is 0.0763. The highest BCUT2D eigenvalue weighted by molar-refractivity contribution is 5.89. The van der Waals surface area contributed by atoms with Crippen molar-refractivity contribution in [3.8, 4) is 17.2 Å².